The van der Waals surface area contributed by atoms with Crippen LogP contribution in [0.5, 0.6) is 0 Å². The van der Waals surface area contributed by atoms with E-state index in [-0.39, 0.29) is 22.2 Å². The van der Waals surface area contributed by atoms with E-state index in [4.69, 9.17) is 23.2 Å². The zero-order valence-electron chi connectivity index (χ0n) is 7.17. The van der Waals surface area contributed by atoms with Crippen LogP contribution in [0.2, 0.25) is 5.02 Å². The summed E-state index contributed by atoms with van der Waals surface area (Å²) in [6.45, 7) is 0. The lowest BCUT2D eigenvalue weighted by Crippen LogP contribution is -2.06. The summed E-state index contributed by atoms with van der Waals surface area (Å²) < 4.78 is 0.577. The van der Waals surface area contributed by atoms with Gasteiger partial charge in [-0.2, -0.15) is 0 Å². The SMILES string of the molecule is O=C(CCl)c1c([N+](=O)[O-])ccc(I)c1Cl. The molecule has 0 aromatic heterocycles. The van der Waals surface area contributed by atoms with Gasteiger partial charge in [-0.15, -0.1) is 11.6 Å². The molecule has 0 aliphatic rings. The molecule has 0 spiro atoms. The number of halogens is 3. The van der Waals surface area contributed by atoms with Crippen molar-refractivity contribution in [3.05, 3.63) is 36.4 Å². The first-order chi connectivity index (χ1) is 6.99. The average Bonchev–Trinajstić information content (AvgIpc) is 2.20. The van der Waals surface area contributed by atoms with Gasteiger partial charge in [0.25, 0.3) is 5.69 Å². The molecule has 4 nitrogen and oxygen atoms in total. The zero-order valence-corrected chi connectivity index (χ0v) is 10.8. The van der Waals surface area contributed by atoms with Crippen molar-refractivity contribution in [2.24, 2.45) is 0 Å². The highest BCUT2D eigenvalue weighted by molar-refractivity contribution is 14.1. The standard InChI is InChI=1S/C8H4Cl2INO3/c9-3-6(13)7-5(12(14)15)2-1-4(11)8(7)10/h1-2H,3H2. The number of rotatable bonds is 3. The third kappa shape index (κ3) is 2.59. The summed E-state index contributed by atoms with van der Waals surface area (Å²) in [7, 11) is 0. The van der Waals surface area contributed by atoms with Crippen LogP contribution < -0.4 is 0 Å². The first kappa shape index (κ1) is 12.7. The lowest BCUT2D eigenvalue weighted by atomic mass is 10.1. The lowest BCUT2D eigenvalue weighted by molar-refractivity contribution is -0.385. The van der Waals surface area contributed by atoms with Gasteiger partial charge in [0, 0.05) is 9.64 Å². The van der Waals surface area contributed by atoms with Gasteiger partial charge in [0.05, 0.1) is 15.8 Å². The Hall–Kier alpha value is -0.400. The molecule has 1 aromatic rings. The minimum atomic E-state index is -0.651. The van der Waals surface area contributed by atoms with Gasteiger partial charge in [-0.25, -0.2) is 0 Å². The van der Waals surface area contributed by atoms with Crippen molar-refractivity contribution in [1.29, 1.82) is 0 Å². The largest absolute Gasteiger partial charge is 0.292 e. The predicted molar refractivity (Wildman–Crippen MR) is 65.9 cm³/mol. The van der Waals surface area contributed by atoms with Crippen LogP contribution in [0.15, 0.2) is 12.1 Å². The number of ketones is 1. The fraction of sp³-hybridized carbons (Fsp3) is 0.125. The molecule has 0 aliphatic carbocycles. The first-order valence-corrected chi connectivity index (χ1v) is 5.69. The molecule has 1 rings (SSSR count). The number of carbonyl (C=O) groups is 1. The highest BCUT2D eigenvalue weighted by Crippen LogP contribution is 2.31. The second kappa shape index (κ2) is 5.09. The molecule has 0 amide bonds. The average molecular weight is 360 g/mol. The second-order valence-electron chi connectivity index (χ2n) is 2.57. The minimum Gasteiger partial charge on any atom is -0.292 e. The van der Waals surface area contributed by atoms with Gasteiger partial charge in [0.1, 0.15) is 5.56 Å². The molecule has 0 unspecified atom stereocenters. The summed E-state index contributed by atoms with van der Waals surface area (Å²) in [6.07, 6.45) is 0. The number of Topliss-reactive ketones (excluding diaryl/α,β-unsaturated/α-hetero) is 1. The Kier molecular flexibility index (Phi) is 4.30. The molecule has 0 aliphatic heterocycles. The quantitative estimate of drug-likeness (QED) is 0.273. The summed E-state index contributed by atoms with van der Waals surface area (Å²) in [6, 6.07) is 2.72. The van der Waals surface area contributed by atoms with Gasteiger partial charge in [-0.3, -0.25) is 14.9 Å². The van der Waals surface area contributed by atoms with Crippen molar-refractivity contribution < 1.29 is 9.72 Å². The van der Waals surface area contributed by atoms with Crippen LogP contribution in [0.3, 0.4) is 0 Å². The predicted octanol–water partition coefficient (Wildman–Crippen LogP) is 3.27. The fourth-order valence-electron chi connectivity index (χ4n) is 1.02. The molecule has 7 heteroatoms. The van der Waals surface area contributed by atoms with Crippen molar-refractivity contribution in [3.8, 4) is 0 Å². The molecular formula is C8H4Cl2INO3. The molecule has 0 N–H and O–H groups in total. The summed E-state index contributed by atoms with van der Waals surface area (Å²) >= 11 is 13.1. The zero-order chi connectivity index (χ0) is 11.6. The fourth-order valence-corrected chi connectivity index (χ4v) is 1.87. The molecule has 80 valence electrons. The number of carbonyl (C=O) groups excluding carboxylic acids is 1. The third-order valence-corrected chi connectivity index (χ3v) is 3.52. The van der Waals surface area contributed by atoms with Gasteiger partial charge < -0.3 is 0 Å². The minimum absolute atomic E-state index is 0.0791. The normalized spacial score (nSPS) is 10.1. The van der Waals surface area contributed by atoms with Crippen LogP contribution in [-0.2, 0) is 0 Å². The number of nitro benzene ring substituents is 1. The van der Waals surface area contributed by atoms with Crippen LogP contribution in [0.1, 0.15) is 10.4 Å². The Labute approximate surface area is 109 Å². The highest BCUT2D eigenvalue weighted by atomic mass is 127. The Morgan fingerprint density at radius 2 is 2.13 bits per heavy atom. The summed E-state index contributed by atoms with van der Waals surface area (Å²) in [5.41, 5.74) is -0.436. The molecule has 0 radical (unpaired) electrons. The lowest BCUT2D eigenvalue weighted by Gasteiger charge is -2.04. The van der Waals surface area contributed by atoms with Crippen LogP contribution in [0, 0.1) is 13.7 Å². The van der Waals surface area contributed by atoms with Crippen LogP contribution in [0.4, 0.5) is 5.69 Å². The van der Waals surface area contributed by atoms with Crippen LogP contribution in [0.25, 0.3) is 0 Å². The molecule has 0 bridgehead atoms. The summed E-state index contributed by atoms with van der Waals surface area (Å²) in [4.78, 5) is 21.4. The van der Waals surface area contributed by atoms with Crippen molar-refractivity contribution in [2.45, 2.75) is 0 Å². The smallest absolute Gasteiger partial charge is 0.281 e. The Morgan fingerprint density at radius 1 is 1.53 bits per heavy atom. The van der Waals surface area contributed by atoms with Crippen molar-refractivity contribution in [1.82, 2.24) is 0 Å². The molecule has 1 aromatic carbocycles. The van der Waals surface area contributed by atoms with Crippen LogP contribution in [-0.4, -0.2) is 16.6 Å². The molecule has 0 atom stereocenters. The monoisotopic (exact) mass is 359 g/mol. The van der Waals surface area contributed by atoms with E-state index in [9.17, 15) is 14.9 Å². The number of benzene rings is 1. The maximum atomic E-state index is 11.4. The van der Waals surface area contributed by atoms with Gasteiger partial charge in [0.15, 0.2) is 5.78 Å². The van der Waals surface area contributed by atoms with Crippen molar-refractivity contribution >= 4 is 57.3 Å². The maximum absolute atomic E-state index is 11.4. The molecule has 0 saturated heterocycles. The maximum Gasteiger partial charge on any atom is 0.281 e. The second-order valence-corrected chi connectivity index (χ2v) is 4.38. The Morgan fingerprint density at radius 3 is 2.60 bits per heavy atom. The first-order valence-electron chi connectivity index (χ1n) is 3.70. The van der Waals surface area contributed by atoms with Gasteiger partial charge in [-0.1, -0.05) is 11.6 Å². The summed E-state index contributed by atoms with van der Waals surface area (Å²) in [5, 5.41) is 10.7. The number of alkyl halides is 1. The van der Waals surface area contributed by atoms with Crippen LogP contribution >= 0.6 is 45.8 Å². The van der Waals surface area contributed by atoms with Gasteiger partial charge in [-0.05, 0) is 28.7 Å². The number of nitrogens with zero attached hydrogens (tertiary/aromatic N) is 1. The third-order valence-electron chi connectivity index (χ3n) is 1.67. The molecular weight excluding hydrogens is 356 g/mol. The summed E-state index contributed by atoms with van der Waals surface area (Å²) in [5.74, 6) is -0.882. The van der Waals surface area contributed by atoms with E-state index in [1.807, 2.05) is 22.6 Å². The highest BCUT2D eigenvalue weighted by Gasteiger charge is 2.24. The van der Waals surface area contributed by atoms with E-state index < -0.39 is 10.7 Å². The van der Waals surface area contributed by atoms with Gasteiger partial charge in [0.2, 0.25) is 0 Å². The van der Waals surface area contributed by atoms with Crippen molar-refractivity contribution in [3.63, 3.8) is 0 Å². The van der Waals surface area contributed by atoms with Crippen molar-refractivity contribution in [2.75, 3.05) is 5.88 Å². The van der Waals surface area contributed by atoms with E-state index in [1.165, 1.54) is 12.1 Å². The molecule has 15 heavy (non-hydrogen) atoms. The van der Waals surface area contributed by atoms with E-state index in [0.717, 1.165) is 0 Å². The topological polar surface area (TPSA) is 60.2 Å². The Bertz CT molecular complexity index is 436. The van der Waals surface area contributed by atoms with E-state index in [0.29, 0.717) is 3.57 Å². The number of nitro groups is 1. The molecule has 0 heterocycles. The Balaban J connectivity index is 3.48. The molecule has 0 fully saturated rings. The molecule has 0 saturated carbocycles. The van der Waals surface area contributed by atoms with E-state index >= 15 is 0 Å². The number of hydrogen-bond donors (Lipinski definition) is 0. The van der Waals surface area contributed by atoms with Gasteiger partial charge >= 0.3 is 0 Å². The van der Waals surface area contributed by atoms with E-state index in [2.05, 4.69) is 0 Å². The van der Waals surface area contributed by atoms with E-state index in [1.54, 1.807) is 0 Å². The number of hydrogen-bond acceptors (Lipinski definition) is 3.